The molecule has 0 bridgehead atoms. The van der Waals surface area contributed by atoms with Gasteiger partial charge >= 0.3 is 0 Å². The maximum atomic E-state index is 14.4. The van der Waals surface area contributed by atoms with E-state index in [9.17, 15) is 13.2 Å². The Kier molecular flexibility index (Phi) is 24.0. The lowest BCUT2D eigenvalue weighted by Gasteiger charge is -2.26. The first kappa shape index (κ1) is 75.4. The number of morpholine rings is 1. The normalized spacial score (nSPS) is 11.7. The predicted molar refractivity (Wildman–Crippen MR) is 424 cm³/mol. The molecule has 20 nitrogen and oxygen atoms in total. The van der Waals surface area contributed by atoms with E-state index in [1.54, 1.807) is 60.8 Å². The third kappa shape index (κ3) is 18.7. The highest BCUT2D eigenvalue weighted by Crippen LogP contribution is 2.40. The zero-order valence-electron chi connectivity index (χ0n) is 57.1. The van der Waals surface area contributed by atoms with E-state index in [0.717, 1.165) is 109 Å². The van der Waals surface area contributed by atoms with Crippen LogP contribution in [0.5, 0.6) is 52.3 Å². The summed E-state index contributed by atoms with van der Waals surface area (Å²) in [7, 11) is 0. The van der Waals surface area contributed by atoms with Crippen molar-refractivity contribution in [2.45, 2.75) is 0 Å². The molecule has 1 aliphatic rings. The number of rotatable bonds is 16. The van der Waals surface area contributed by atoms with E-state index in [4.69, 9.17) is 72.7 Å². The Hall–Kier alpha value is -12.4. The van der Waals surface area contributed by atoms with Crippen LogP contribution in [0, 0.1) is 62.8 Å². The molecule has 1 aliphatic heterocycles. The Bertz CT molecular complexity index is 6100. The Morgan fingerprint density at radius 2 is 0.829 bits per heavy atom. The first-order chi connectivity index (χ1) is 54.2. The summed E-state index contributed by atoms with van der Waals surface area (Å²) in [4.78, 5) is 42.6. The molecule has 0 unspecified atom stereocenters. The summed E-state index contributed by atoms with van der Waals surface area (Å²) in [6, 6.07) is 60.1. The van der Waals surface area contributed by atoms with Gasteiger partial charge in [-0.2, -0.15) is 41.0 Å². The van der Waals surface area contributed by atoms with Crippen molar-refractivity contribution >= 4 is 125 Å². The standard InChI is InChI=1S/C25H21FN4O3S.C19H9BrFN3OS.C19H9ClFN3OS.C18H9ClN4OS/c26-20-15-17(16-27)1-6-22(20)33-25-23-21(7-14-34-23)28-24(29-25)18-2-4-19(5-3-18)32-13-10-30-8-11-31-12-9-30;2*20-13-3-1-2-12(9-13)18-23-15-6-7-26-17(15)19(24-18)25-16-5-4-11(10-22)8-14(16)21;19-15-9-12(5-7-21-15)17-22-14-6-8-25-16(14)18(23-17)24-13-3-1-11(10-20)2-4-13/h1-7,14-15H,8-13H2;2*1-9H;1-9H. The molecule has 1 saturated heterocycles. The summed E-state index contributed by atoms with van der Waals surface area (Å²) >= 11 is 21.2. The number of hydrogen-bond donors (Lipinski definition) is 0. The van der Waals surface area contributed by atoms with Crippen LogP contribution in [-0.4, -0.2) is 89.2 Å². The molecule has 544 valence electrons. The van der Waals surface area contributed by atoms with Gasteiger partial charge in [-0.3, -0.25) is 4.90 Å². The molecule has 0 saturated carbocycles. The zero-order chi connectivity index (χ0) is 76.7. The number of fused-ring (bicyclic) bond motifs is 4. The Morgan fingerprint density at radius 3 is 1.25 bits per heavy atom. The maximum absolute atomic E-state index is 14.4. The molecule has 17 rings (SSSR count). The number of pyridine rings is 1. The average molecular weight is 1650 g/mol. The zero-order valence-corrected chi connectivity index (χ0v) is 63.5. The van der Waals surface area contributed by atoms with E-state index in [2.05, 4.69) is 71.8 Å². The van der Waals surface area contributed by atoms with Gasteiger partial charge in [0, 0.05) is 57.6 Å². The van der Waals surface area contributed by atoms with Crippen molar-refractivity contribution in [2.24, 2.45) is 0 Å². The van der Waals surface area contributed by atoms with Crippen LogP contribution in [0.2, 0.25) is 10.2 Å². The van der Waals surface area contributed by atoms with Crippen LogP contribution >= 0.6 is 84.5 Å². The van der Waals surface area contributed by atoms with E-state index in [1.807, 2.05) is 119 Å². The van der Waals surface area contributed by atoms with Crippen LogP contribution in [-0.2, 0) is 4.74 Å². The van der Waals surface area contributed by atoms with E-state index in [0.29, 0.717) is 73.0 Å². The SMILES string of the molecule is N#Cc1ccc(Oc2nc(-c3ccc(OCCN4CCOCC4)cc3)nc3ccsc23)c(F)c1.N#Cc1ccc(Oc2nc(-c3cccc(Br)c3)nc3ccsc23)c(F)c1.N#Cc1ccc(Oc2nc(-c3cccc(Cl)c3)nc3ccsc23)c(F)c1.N#Cc1ccc(Oc2nc(-c3ccnc(Cl)c3)nc3ccsc23)cc1. The van der Waals surface area contributed by atoms with Crippen LogP contribution in [0.3, 0.4) is 0 Å². The first-order valence-electron chi connectivity index (χ1n) is 33.2. The van der Waals surface area contributed by atoms with Crippen molar-refractivity contribution in [2.75, 3.05) is 39.5 Å². The van der Waals surface area contributed by atoms with E-state index >= 15 is 0 Å². The quantitative estimate of drug-likeness (QED) is 0.0813. The van der Waals surface area contributed by atoms with Gasteiger partial charge in [0.2, 0.25) is 23.5 Å². The third-order valence-corrected chi connectivity index (χ3v) is 20.6. The van der Waals surface area contributed by atoms with Crippen molar-refractivity contribution in [1.82, 2.24) is 49.8 Å². The summed E-state index contributed by atoms with van der Waals surface area (Å²) in [6.07, 6.45) is 1.61. The van der Waals surface area contributed by atoms with E-state index < -0.39 is 17.5 Å². The van der Waals surface area contributed by atoms with Gasteiger partial charge in [-0.15, -0.1) is 45.3 Å². The third-order valence-electron chi connectivity index (χ3n) is 16.1. The average Bonchev–Trinajstić information content (AvgIpc) is 1.61. The van der Waals surface area contributed by atoms with Gasteiger partial charge in [0.1, 0.15) is 42.1 Å². The molecule has 111 heavy (non-hydrogen) atoms. The van der Waals surface area contributed by atoms with Gasteiger partial charge in [0.25, 0.3) is 0 Å². The summed E-state index contributed by atoms with van der Waals surface area (Å²) in [5, 5.41) is 44.1. The molecule has 0 aliphatic carbocycles. The Labute approximate surface area is 664 Å². The van der Waals surface area contributed by atoms with Gasteiger partial charge in [-0.05, 0) is 185 Å². The lowest BCUT2D eigenvalue weighted by atomic mass is 10.2. The molecule has 30 heteroatoms. The van der Waals surface area contributed by atoms with Crippen molar-refractivity contribution in [1.29, 1.82) is 21.0 Å². The molecule has 0 amide bonds. The summed E-state index contributed by atoms with van der Waals surface area (Å²) < 4.78 is 81.2. The van der Waals surface area contributed by atoms with Gasteiger partial charge < -0.3 is 28.4 Å². The molecular weight excluding hydrogens is 1600 g/mol. The van der Waals surface area contributed by atoms with Crippen LogP contribution < -0.4 is 23.7 Å². The topological polar surface area (TPSA) is 270 Å². The summed E-state index contributed by atoms with van der Waals surface area (Å²) in [5.41, 5.74) is 7.28. The number of ether oxygens (including phenoxy) is 6. The minimum Gasteiger partial charge on any atom is -0.492 e. The molecule has 16 aromatic rings. The summed E-state index contributed by atoms with van der Waals surface area (Å²) in [6.45, 7) is 4.86. The Morgan fingerprint density at radius 1 is 0.423 bits per heavy atom. The second kappa shape index (κ2) is 35.3. The molecule has 0 spiro atoms. The number of hydrogen-bond acceptors (Lipinski definition) is 24. The largest absolute Gasteiger partial charge is 0.492 e. The van der Waals surface area contributed by atoms with E-state index in [1.165, 1.54) is 81.7 Å². The van der Waals surface area contributed by atoms with Crippen LogP contribution in [0.4, 0.5) is 13.2 Å². The lowest BCUT2D eigenvalue weighted by molar-refractivity contribution is 0.0322. The maximum Gasteiger partial charge on any atom is 0.241 e. The number of halogens is 6. The highest BCUT2D eigenvalue weighted by molar-refractivity contribution is 9.10. The van der Waals surface area contributed by atoms with Gasteiger partial charge in [-0.1, -0.05) is 63.4 Å². The smallest absolute Gasteiger partial charge is 0.241 e. The second-order valence-corrected chi connectivity index (χ2v) is 28.9. The van der Waals surface area contributed by atoms with Crippen molar-refractivity contribution in [3.8, 4) is 122 Å². The van der Waals surface area contributed by atoms with Gasteiger partial charge in [0.15, 0.2) is 58.0 Å². The fourth-order valence-corrected chi connectivity index (χ4v) is 14.5. The molecule has 0 atom stereocenters. The first-order valence-corrected chi connectivity index (χ1v) is 38.3. The minimum absolute atomic E-state index is 0.00219. The number of thiophene rings is 4. The minimum atomic E-state index is -0.628. The monoisotopic (exact) mass is 1650 g/mol. The van der Waals surface area contributed by atoms with Crippen LogP contribution in [0.1, 0.15) is 22.3 Å². The van der Waals surface area contributed by atoms with Crippen molar-refractivity contribution < 1.29 is 41.6 Å². The van der Waals surface area contributed by atoms with Gasteiger partial charge in [0.05, 0.1) is 81.8 Å². The second-order valence-electron chi connectivity index (χ2n) is 23.5. The molecule has 9 aromatic heterocycles. The highest BCUT2D eigenvalue weighted by atomic mass is 79.9. The van der Waals surface area contributed by atoms with Gasteiger partial charge in [-0.25, -0.2) is 38.1 Å². The molecular formula is C81H48BrCl2F3N14O6S4. The number of nitrogens with zero attached hydrogens (tertiary/aromatic N) is 14. The van der Waals surface area contributed by atoms with Crippen LogP contribution in [0.15, 0.2) is 220 Å². The van der Waals surface area contributed by atoms with E-state index in [-0.39, 0.29) is 51.6 Å². The lowest BCUT2D eigenvalue weighted by Crippen LogP contribution is -2.38. The fourth-order valence-electron chi connectivity index (χ4n) is 10.7. The number of benzene rings is 7. The molecule has 7 aromatic carbocycles. The Balaban J connectivity index is 0.000000124. The predicted octanol–water partition coefficient (Wildman–Crippen LogP) is 21.7. The molecule has 10 heterocycles. The number of aromatic nitrogens is 9. The molecule has 0 radical (unpaired) electrons. The van der Waals surface area contributed by atoms with Crippen molar-refractivity contribution in [3.63, 3.8) is 0 Å². The summed E-state index contributed by atoms with van der Waals surface area (Å²) in [5.74, 6) is 2.68. The van der Waals surface area contributed by atoms with Crippen molar-refractivity contribution in [3.05, 3.63) is 270 Å². The molecule has 0 N–H and O–H groups in total. The number of nitriles is 4. The van der Waals surface area contributed by atoms with Crippen LogP contribution in [0.25, 0.3) is 86.4 Å². The highest BCUT2D eigenvalue weighted by Gasteiger charge is 2.21. The fraction of sp³-hybridized carbons (Fsp3) is 0.0741. The molecule has 1 fully saturated rings.